The molecule has 1 heterocycles. The Morgan fingerprint density at radius 2 is 1.46 bits per heavy atom. The highest BCUT2D eigenvalue weighted by molar-refractivity contribution is 5.95. The number of nitrogens with two attached hydrogens (primary N) is 2. The molecule has 0 bridgehead atoms. The number of fused-ring (bicyclic) bond motifs is 1. The third kappa shape index (κ3) is 7.89. The van der Waals surface area contributed by atoms with Crippen LogP contribution < -0.4 is 22.1 Å². The van der Waals surface area contributed by atoms with Crippen LogP contribution in [-0.2, 0) is 38.4 Å². The first-order valence-electron chi connectivity index (χ1n) is 15.4. The predicted molar refractivity (Wildman–Crippen MR) is 175 cm³/mol. The number of primary amides is 1. The van der Waals surface area contributed by atoms with Gasteiger partial charge >= 0.3 is 0 Å². The maximum absolute atomic E-state index is 13.8. The van der Waals surface area contributed by atoms with Crippen molar-refractivity contribution < 1.29 is 24.3 Å². The summed E-state index contributed by atoms with van der Waals surface area (Å²) in [5.74, 6) is -1.96. The van der Waals surface area contributed by atoms with Gasteiger partial charge < -0.3 is 32.1 Å². The Labute approximate surface area is 267 Å². The number of aromatic hydroxyl groups is 1. The molecule has 4 atom stereocenters. The highest BCUT2D eigenvalue weighted by Crippen LogP contribution is 2.22. The average molecular weight is 622 g/mol. The highest BCUT2D eigenvalue weighted by Gasteiger charge is 2.38. The fourth-order valence-electron chi connectivity index (χ4n) is 6.00. The van der Waals surface area contributed by atoms with Crippen LogP contribution in [0.2, 0.25) is 0 Å². The van der Waals surface area contributed by atoms with Crippen LogP contribution in [0.1, 0.15) is 29.5 Å². The van der Waals surface area contributed by atoms with E-state index in [0.29, 0.717) is 19.4 Å². The standard InChI is InChI=1S/C36H39N5O5/c37-29(20-24-15-17-27(42)18-16-24)36(46)41-19-7-14-32(41)35(45)40-31(21-23-8-2-1-3-9-23)34(44)39-30(33(38)43)22-26-12-6-11-25-10-4-5-13-28(25)26/h1-6,8-13,15-18,29-32,42H,7,14,19-22,37H2,(H2,38,43)(H,39,44)(H,40,45)/t29-,30+,31-,32-/m0/s1. The minimum Gasteiger partial charge on any atom is -0.508 e. The number of carbonyl (C=O) groups excluding carboxylic acids is 4. The van der Waals surface area contributed by atoms with Crippen LogP contribution in [0.5, 0.6) is 5.75 Å². The van der Waals surface area contributed by atoms with E-state index in [1.165, 1.54) is 17.0 Å². The van der Waals surface area contributed by atoms with Gasteiger partial charge in [-0.3, -0.25) is 19.2 Å². The van der Waals surface area contributed by atoms with E-state index >= 15 is 0 Å². The Bertz CT molecular complexity index is 1690. The minimum atomic E-state index is -1.03. The first-order chi connectivity index (χ1) is 22.2. The van der Waals surface area contributed by atoms with Gasteiger partial charge in [-0.2, -0.15) is 0 Å². The number of hydrogen-bond donors (Lipinski definition) is 5. The van der Waals surface area contributed by atoms with Crippen molar-refractivity contribution in [2.24, 2.45) is 11.5 Å². The molecule has 7 N–H and O–H groups in total. The number of rotatable bonds is 12. The monoisotopic (exact) mass is 621 g/mol. The molecule has 46 heavy (non-hydrogen) atoms. The molecule has 0 aliphatic carbocycles. The number of amides is 4. The van der Waals surface area contributed by atoms with Gasteiger partial charge in [0.15, 0.2) is 0 Å². The van der Waals surface area contributed by atoms with Crippen LogP contribution in [0.3, 0.4) is 0 Å². The average Bonchev–Trinajstić information content (AvgIpc) is 3.55. The minimum absolute atomic E-state index is 0.115. The molecule has 10 heteroatoms. The Morgan fingerprint density at radius 1 is 0.783 bits per heavy atom. The van der Waals surface area contributed by atoms with Crippen molar-refractivity contribution in [2.75, 3.05) is 6.54 Å². The van der Waals surface area contributed by atoms with Gasteiger partial charge in [-0.15, -0.1) is 0 Å². The summed E-state index contributed by atoms with van der Waals surface area (Å²) in [5.41, 5.74) is 14.5. The van der Waals surface area contributed by atoms with Gasteiger partial charge in [0.25, 0.3) is 0 Å². The zero-order valence-corrected chi connectivity index (χ0v) is 25.5. The van der Waals surface area contributed by atoms with Crippen LogP contribution in [0, 0.1) is 0 Å². The molecule has 4 aromatic carbocycles. The molecule has 0 radical (unpaired) electrons. The third-order valence-electron chi connectivity index (χ3n) is 8.43. The Morgan fingerprint density at radius 3 is 2.20 bits per heavy atom. The smallest absolute Gasteiger partial charge is 0.243 e. The fourth-order valence-corrected chi connectivity index (χ4v) is 6.00. The van der Waals surface area contributed by atoms with Gasteiger partial charge in [0, 0.05) is 19.4 Å². The Balaban J connectivity index is 1.31. The molecule has 1 fully saturated rings. The molecular formula is C36H39N5O5. The number of nitrogens with one attached hydrogen (secondary N) is 2. The maximum atomic E-state index is 13.8. The summed E-state index contributed by atoms with van der Waals surface area (Å²) in [4.78, 5) is 54.9. The van der Waals surface area contributed by atoms with E-state index in [4.69, 9.17) is 11.5 Å². The number of phenolic OH excluding ortho intramolecular Hbond substituents is 1. The molecule has 4 aromatic rings. The van der Waals surface area contributed by atoms with Gasteiger partial charge in [-0.05, 0) is 58.9 Å². The molecule has 0 unspecified atom stereocenters. The Kier molecular flexibility index (Phi) is 10.3. The number of likely N-dealkylation sites (tertiary alicyclic amines) is 1. The number of carbonyl (C=O) groups is 4. The lowest BCUT2D eigenvalue weighted by atomic mass is 9.98. The van der Waals surface area contributed by atoms with Crippen molar-refractivity contribution >= 4 is 34.4 Å². The second-order valence-electron chi connectivity index (χ2n) is 11.7. The van der Waals surface area contributed by atoms with E-state index in [9.17, 15) is 24.3 Å². The van der Waals surface area contributed by atoms with E-state index < -0.39 is 41.9 Å². The van der Waals surface area contributed by atoms with Crippen molar-refractivity contribution in [3.05, 3.63) is 114 Å². The van der Waals surface area contributed by atoms with Crippen molar-refractivity contribution in [3.63, 3.8) is 0 Å². The molecule has 0 spiro atoms. The molecule has 4 amide bonds. The van der Waals surface area contributed by atoms with Crippen LogP contribution in [0.25, 0.3) is 10.8 Å². The normalized spacial score (nSPS) is 16.4. The second-order valence-corrected chi connectivity index (χ2v) is 11.7. The lowest BCUT2D eigenvalue weighted by Gasteiger charge is -2.29. The van der Waals surface area contributed by atoms with Gasteiger partial charge in [-0.25, -0.2) is 0 Å². The van der Waals surface area contributed by atoms with E-state index in [1.807, 2.05) is 72.8 Å². The quantitative estimate of drug-likeness (QED) is 0.163. The first-order valence-corrected chi connectivity index (χ1v) is 15.4. The van der Waals surface area contributed by atoms with Gasteiger partial charge in [0.1, 0.15) is 23.9 Å². The summed E-state index contributed by atoms with van der Waals surface area (Å²) in [6, 6.07) is 25.5. The van der Waals surface area contributed by atoms with Crippen molar-refractivity contribution in [2.45, 2.75) is 56.3 Å². The predicted octanol–water partition coefficient (Wildman–Crippen LogP) is 2.35. The van der Waals surface area contributed by atoms with E-state index in [1.54, 1.807) is 12.1 Å². The zero-order valence-electron chi connectivity index (χ0n) is 25.5. The first kappa shape index (κ1) is 32.2. The summed E-state index contributed by atoms with van der Waals surface area (Å²) in [6.07, 6.45) is 1.62. The van der Waals surface area contributed by atoms with Crippen LogP contribution in [0.15, 0.2) is 97.1 Å². The molecule has 0 aromatic heterocycles. The van der Waals surface area contributed by atoms with Gasteiger partial charge in [-0.1, -0.05) is 84.9 Å². The van der Waals surface area contributed by atoms with Crippen molar-refractivity contribution in [3.8, 4) is 5.75 Å². The van der Waals surface area contributed by atoms with Crippen LogP contribution in [-0.4, -0.2) is 64.3 Å². The van der Waals surface area contributed by atoms with E-state index in [0.717, 1.165) is 27.5 Å². The van der Waals surface area contributed by atoms with E-state index in [-0.39, 0.29) is 30.9 Å². The third-order valence-corrected chi connectivity index (χ3v) is 8.43. The molecule has 1 saturated heterocycles. The lowest BCUT2D eigenvalue weighted by molar-refractivity contribution is -0.140. The molecule has 1 aliphatic heterocycles. The molecule has 10 nitrogen and oxygen atoms in total. The molecule has 1 aliphatic rings. The van der Waals surface area contributed by atoms with Crippen LogP contribution >= 0.6 is 0 Å². The SMILES string of the molecule is NC(=O)[C@@H](Cc1cccc2ccccc12)NC(=O)[C@H](Cc1ccccc1)NC(=O)[C@@H]1CCCN1C(=O)[C@@H](N)Cc1ccc(O)cc1. The molecule has 238 valence electrons. The second kappa shape index (κ2) is 14.7. The summed E-state index contributed by atoms with van der Waals surface area (Å²) < 4.78 is 0. The summed E-state index contributed by atoms with van der Waals surface area (Å²) in [5, 5.41) is 17.1. The highest BCUT2D eigenvalue weighted by atomic mass is 16.3. The van der Waals surface area contributed by atoms with Crippen molar-refractivity contribution in [1.82, 2.24) is 15.5 Å². The number of nitrogens with zero attached hydrogens (tertiary/aromatic N) is 1. The van der Waals surface area contributed by atoms with E-state index in [2.05, 4.69) is 10.6 Å². The largest absolute Gasteiger partial charge is 0.508 e. The summed E-state index contributed by atoms with van der Waals surface area (Å²) >= 11 is 0. The summed E-state index contributed by atoms with van der Waals surface area (Å²) in [6.45, 7) is 0.366. The van der Waals surface area contributed by atoms with Gasteiger partial charge in [0.05, 0.1) is 6.04 Å². The zero-order chi connectivity index (χ0) is 32.6. The fraction of sp³-hybridized carbons (Fsp3) is 0.278. The van der Waals surface area contributed by atoms with Gasteiger partial charge in [0.2, 0.25) is 23.6 Å². The van der Waals surface area contributed by atoms with Crippen molar-refractivity contribution in [1.29, 1.82) is 0 Å². The van der Waals surface area contributed by atoms with Crippen LogP contribution in [0.4, 0.5) is 0 Å². The summed E-state index contributed by atoms with van der Waals surface area (Å²) in [7, 11) is 0. The topological polar surface area (TPSA) is 168 Å². The Hall–Kier alpha value is -5.22. The number of hydrogen-bond acceptors (Lipinski definition) is 6. The lowest BCUT2D eigenvalue weighted by Crippen LogP contribution is -2.58. The maximum Gasteiger partial charge on any atom is 0.243 e. The molecular weight excluding hydrogens is 582 g/mol. The molecule has 0 saturated carbocycles. The molecule has 5 rings (SSSR count). The number of benzene rings is 4. The number of phenols is 1.